The van der Waals surface area contributed by atoms with Gasteiger partial charge in [-0.3, -0.25) is 0 Å². The lowest BCUT2D eigenvalue weighted by Gasteiger charge is -2.29. The topological polar surface area (TPSA) is 32.3 Å². The Kier molecular flexibility index (Phi) is 3.86. The van der Waals surface area contributed by atoms with Gasteiger partial charge in [-0.1, -0.05) is 12.8 Å². The Morgan fingerprint density at radius 3 is 2.47 bits per heavy atom. The fourth-order valence-corrected chi connectivity index (χ4v) is 2.40. The zero-order valence-electron chi connectivity index (χ0n) is 8.62. The van der Waals surface area contributed by atoms with Crippen LogP contribution in [0.2, 0.25) is 0 Å². The SMILES string of the molecule is OC1CCCCC1Nc1ccc(I)cc1. The van der Waals surface area contributed by atoms with Crippen LogP contribution in [0.5, 0.6) is 0 Å². The molecule has 15 heavy (non-hydrogen) atoms. The first-order valence-corrected chi connectivity index (χ1v) is 6.54. The summed E-state index contributed by atoms with van der Waals surface area (Å²) in [4.78, 5) is 0. The minimum Gasteiger partial charge on any atom is -0.391 e. The molecular weight excluding hydrogens is 301 g/mol. The molecule has 1 aliphatic rings. The van der Waals surface area contributed by atoms with Gasteiger partial charge in [0, 0.05) is 9.26 Å². The largest absolute Gasteiger partial charge is 0.391 e. The summed E-state index contributed by atoms with van der Waals surface area (Å²) in [5.74, 6) is 0. The molecule has 1 aromatic carbocycles. The van der Waals surface area contributed by atoms with Gasteiger partial charge in [-0.2, -0.15) is 0 Å². The number of rotatable bonds is 2. The maximum Gasteiger partial charge on any atom is 0.0741 e. The van der Waals surface area contributed by atoms with Crippen LogP contribution in [0, 0.1) is 3.57 Å². The van der Waals surface area contributed by atoms with E-state index in [0.29, 0.717) is 0 Å². The third-order valence-electron chi connectivity index (χ3n) is 2.93. The summed E-state index contributed by atoms with van der Waals surface area (Å²) >= 11 is 2.29. The lowest BCUT2D eigenvalue weighted by atomic mass is 9.92. The third-order valence-corrected chi connectivity index (χ3v) is 3.64. The van der Waals surface area contributed by atoms with Crippen LogP contribution in [0.25, 0.3) is 0 Å². The second-order valence-corrected chi connectivity index (χ2v) is 5.36. The average Bonchev–Trinajstić information content (AvgIpc) is 2.25. The first-order valence-electron chi connectivity index (χ1n) is 5.46. The van der Waals surface area contributed by atoms with Crippen molar-refractivity contribution in [1.29, 1.82) is 0 Å². The molecule has 2 rings (SSSR count). The van der Waals surface area contributed by atoms with Gasteiger partial charge in [0.05, 0.1) is 12.1 Å². The molecule has 2 unspecified atom stereocenters. The van der Waals surface area contributed by atoms with Crippen molar-refractivity contribution in [2.24, 2.45) is 0 Å². The summed E-state index contributed by atoms with van der Waals surface area (Å²) in [6, 6.07) is 8.54. The summed E-state index contributed by atoms with van der Waals surface area (Å²) < 4.78 is 1.24. The molecule has 2 nitrogen and oxygen atoms in total. The van der Waals surface area contributed by atoms with E-state index in [1.54, 1.807) is 0 Å². The maximum atomic E-state index is 9.82. The van der Waals surface area contributed by atoms with Gasteiger partial charge >= 0.3 is 0 Å². The highest BCUT2D eigenvalue weighted by atomic mass is 127. The van der Waals surface area contributed by atoms with Gasteiger partial charge in [0.15, 0.2) is 0 Å². The minimum atomic E-state index is -0.182. The number of nitrogens with one attached hydrogen (secondary N) is 1. The van der Waals surface area contributed by atoms with Crippen molar-refractivity contribution >= 4 is 28.3 Å². The number of aliphatic hydroxyl groups is 1. The molecule has 0 radical (unpaired) electrons. The van der Waals surface area contributed by atoms with Crippen LogP contribution in [0.4, 0.5) is 5.69 Å². The molecule has 2 atom stereocenters. The highest BCUT2D eigenvalue weighted by Gasteiger charge is 2.22. The molecule has 1 saturated carbocycles. The van der Waals surface area contributed by atoms with Crippen molar-refractivity contribution in [3.63, 3.8) is 0 Å². The van der Waals surface area contributed by atoms with Gasteiger partial charge in [0.2, 0.25) is 0 Å². The number of benzene rings is 1. The standard InChI is InChI=1S/C12H16INO/c13-9-5-7-10(8-6-9)14-11-3-1-2-4-12(11)15/h5-8,11-12,14-15H,1-4H2. The highest BCUT2D eigenvalue weighted by Crippen LogP contribution is 2.22. The van der Waals surface area contributed by atoms with Gasteiger partial charge in [-0.05, 0) is 59.7 Å². The normalized spacial score (nSPS) is 26.3. The second kappa shape index (κ2) is 5.16. The lowest BCUT2D eigenvalue weighted by Crippen LogP contribution is -2.36. The fraction of sp³-hybridized carbons (Fsp3) is 0.500. The summed E-state index contributed by atoms with van der Waals surface area (Å²) in [6.07, 6.45) is 4.21. The van der Waals surface area contributed by atoms with E-state index in [1.165, 1.54) is 9.99 Å². The van der Waals surface area contributed by atoms with E-state index in [9.17, 15) is 5.11 Å². The zero-order chi connectivity index (χ0) is 10.7. The Hall–Kier alpha value is -0.290. The number of hydrogen-bond acceptors (Lipinski definition) is 2. The molecule has 0 heterocycles. The van der Waals surface area contributed by atoms with Crippen LogP contribution in [-0.4, -0.2) is 17.3 Å². The van der Waals surface area contributed by atoms with E-state index in [-0.39, 0.29) is 12.1 Å². The van der Waals surface area contributed by atoms with Crippen molar-refractivity contribution in [2.45, 2.75) is 37.8 Å². The van der Waals surface area contributed by atoms with Crippen molar-refractivity contribution in [3.8, 4) is 0 Å². The van der Waals surface area contributed by atoms with E-state index in [1.807, 2.05) is 0 Å². The molecule has 0 spiro atoms. The van der Waals surface area contributed by atoms with Crippen LogP contribution in [0.1, 0.15) is 25.7 Å². The van der Waals surface area contributed by atoms with E-state index in [0.717, 1.165) is 24.9 Å². The smallest absolute Gasteiger partial charge is 0.0741 e. The van der Waals surface area contributed by atoms with E-state index < -0.39 is 0 Å². The molecule has 82 valence electrons. The number of halogens is 1. The fourth-order valence-electron chi connectivity index (χ4n) is 2.04. The monoisotopic (exact) mass is 317 g/mol. The molecule has 1 fully saturated rings. The van der Waals surface area contributed by atoms with Crippen LogP contribution < -0.4 is 5.32 Å². The molecule has 2 N–H and O–H groups in total. The van der Waals surface area contributed by atoms with Gasteiger partial charge < -0.3 is 10.4 Å². The van der Waals surface area contributed by atoms with Crippen LogP contribution in [0.3, 0.4) is 0 Å². The van der Waals surface area contributed by atoms with Crippen molar-refractivity contribution in [2.75, 3.05) is 5.32 Å². The van der Waals surface area contributed by atoms with Gasteiger partial charge in [0.25, 0.3) is 0 Å². The Morgan fingerprint density at radius 1 is 1.13 bits per heavy atom. The number of anilines is 1. The van der Waals surface area contributed by atoms with Gasteiger partial charge in [-0.25, -0.2) is 0 Å². The van der Waals surface area contributed by atoms with Crippen molar-refractivity contribution < 1.29 is 5.11 Å². The number of aliphatic hydroxyl groups excluding tert-OH is 1. The Balaban J connectivity index is 1.98. The third kappa shape index (κ3) is 3.08. The Bertz CT molecular complexity index is 312. The first kappa shape index (κ1) is 11.2. The predicted octanol–water partition coefficient (Wildman–Crippen LogP) is 3.01. The summed E-state index contributed by atoms with van der Waals surface area (Å²) in [6.45, 7) is 0. The number of hydrogen-bond donors (Lipinski definition) is 2. The molecular formula is C12H16INO. The molecule has 0 aromatic heterocycles. The molecule has 0 amide bonds. The second-order valence-electron chi connectivity index (χ2n) is 4.11. The Morgan fingerprint density at radius 2 is 1.80 bits per heavy atom. The summed E-state index contributed by atoms with van der Waals surface area (Å²) in [7, 11) is 0. The lowest BCUT2D eigenvalue weighted by molar-refractivity contribution is 0.116. The van der Waals surface area contributed by atoms with E-state index >= 15 is 0 Å². The zero-order valence-corrected chi connectivity index (χ0v) is 10.8. The van der Waals surface area contributed by atoms with Gasteiger partial charge in [0.1, 0.15) is 0 Å². The molecule has 0 bridgehead atoms. The van der Waals surface area contributed by atoms with Crippen LogP contribution in [-0.2, 0) is 0 Å². The highest BCUT2D eigenvalue weighted by molar-refractivity contribution is 14.1. The van der Waals surface area contributed by atoms with E-state index in [4.69, 9.17) is 0 Å². The van der Waals surface area contributed by atoms with Crippen LogP contribution >= 0.6 is 22.6 Å². The Labute approximate surface area is 104 Å². The van der Waals surface area contributed by atoms with Crippen molar-refractivity contribution in [3.05, 3.63) is 27.8 Å². The molecule has 1 aliphatic carbocycles. The minimum absolute atomic E-state index is 0.182. The predicted molar refractivity (Wildman–Crippen MR) is 71.0 cm³/mol. The van der Waals surface area contributed by atoms with E-state index in [2.05, 4.69) is 52.2 Å². The average molecular weight is 317 g/mol. The van der Waals surface area contributed by atoms with Crippen molar-refractivity contribution in [1.82, 2.24) is 0 Å². The van der Waals surface area contributed by atoms with Gasteiger partial charge in [-0.15, -0.1) is 0 Å². The summed E-state index contributed by atoms with van der Waals surface area (Å²) in [5, 5.41) is 13.2. The quantitative estimate of drug-likeness (QED) is 0.822. The molecule has 1 aromatic rings. The first-order chi connectivity index (χ1) is 7.25. The molecule has 0 aliphatic heterocycles. The molecule has 0 saturated heterocycles. The summed E-state index contributed by atoms with van der Waals surface area (Å²) in [5.41, 5.74) is 1.11. The van der Waals surface area contributed by atoms with Crippen LogP contribution in [0.15, 0.2) is 24.3 Å². The molecule has 3 heteroatoms. The maximum absolute atomic E-state index is 9.82.